The molecular formula is C14H20BrClN2. The lowest BCUT2D eigenvalue weighted by Crippen LogP contribution is -2.57. The third-order valence-electron chi connectivity index (χ3n) is 3.55. The Kier molecular flexibility index (Phi) is 4.57. The molecule has 0 aliphatic carbocycles. The maximum atomic E-state index is 6.07. The Balaban J connectivity index is 2.29. The van der Waals surface area contributed by atoms with Gasteiger partial charge in [-0.3, -0.25) is 0 Å². The molecule has 1 heterocycles. The van der Waals surface area contributed by atoms with E-state index < -0.39 is 0 Å². The largest absolute Gasteiger partial charge is 0.365 e. The van der Waals surface area contributed by atoms with E-state index in [1.807, 2.05) is 6.07 Å². The first-order chi connectivity index (χ1) is 8.49. The van der Waals surface area contributed by atoms with Gasteiger partial charge in [0.15, 0.2) is 0 Å². The molecule has 2 unspecified atom stereocenters. The van der Waals surface area contributed by atoms with Crippen molar-refractivity contribution in [2.24, 2.45) is 5.92 Å². The predicted molar refractivity (Wildman–Crippen MR) is 82.6 cm³/mol. The minimum absolute atomic E-state index is 0.523. The monoisotopic (exact) mass is 330 g/mol. The van der Waals surface area contributed by atoms with E-state index in [0.717, 1.165) is 22.6 Å². The van der Waals surface area contributed by atoms with Crippen molar-refractivity contribution < 1.29 is 0 Å². The van der Waals surface area contributed by atoms with Gasteiger partial charge in [-0.15, -0.1) is 0 Å². The summed E-state index contributed by atoms with van der Waals surface area (Å²) in [5.41, 5.74) is 1.25. The number of nitrogens with zero attached hydrogens (tertiary/aromatic N) is 1. The second-order valence-electron chi connectivity index (χ2n) is 5.37. The van der Waals surface area contributed by atoms with Crippen molar-refractivity contribution in [3.63, 3.8) is 0 Å². The van der Waals surface area contributed by atoms with E-state index in [2.05, 4.69) is 59.1 Å². The maximum absolute atomic E-state index is 6.07. The molecule has 2 rings (SSSR count). The number of hydrogen-bond acceptors (Lipinski definition) is 2. The van der Waals surface area contributed by atoms with Gasteiger partial charge in [-0.2, -0.15) is 0 Å². The highest BCUT2D eigenvalue weighted by Gasteiger charge is 2.28. The van der Waals surface area contributed by atoms with E-state index in [1.54, 1.807) is 0 Å². The second kappa shape index (κ2) is 5.81. The molecule has 0 spiro atoms. The van der Waals surface area contributed by atoms with Crippen molar-refractivity contribution in [1.29, 1.82) is 0 Å². The summed E-state index contributed by atoms with van der Waals surface area (Å²) in [4.78, 5) is 2.49. The van der Waals surface area contributed by atoms with E-state index in [1.165, 1.54) is 5.69 Å². The lowest BCUT2D eigenvalue weighted by Gasteiger charge is -2.43. The van der Waals surface area contributed by atoms with Crippen molar-refractivity contribution in [2.75, 3.05) is 18.0 Å². The van der Waals surface area contributed by atoms with Crippen LogP contribution in [-0.2, 0) is 0 Å². The van der Waals surface area contributed by atoms with Gasteiger partial charge >= 0.3 is 0 Å². The van der Waals surface area contributed by atoms with Gasteiger partial charge in [0, 0.05) is 35.3 Å². The fraction of sp³-hybridized carbons (Fsp3) is 0.571. The summed E-state index contributed by atoms with van der Waals surface area (Å²) in [7, 11) is 0. The van der Waals surface area contributed by atoms with E-state index in [4.69, 9.17) is 11.6 Å². The molecule has 1 aliphatic heterocycles. The minimum Gasteiger partial charge on any atom is -0.365 e. The van der Waals surface area contributed by atoms with Crippen molar-refractivity contribution in [3.05, 3.63) is 27.7 Å². The smallest absolute Gasteiger partial charge is 0.0549 e. The Morgan fingerprint density at radius 3 is 2.78 bits per heavy atom. The zero-order valence-corrected chi connectivity index (χ0v) is 13.4. The molecule has 0 radical (unpaired) electrons. The Labute approximate surface area is 123 Å². The Morgan fingerprint density at radius 1 is 1.44 bits per heavy atom. The van der Waals surface area contributed by atoms with Crippen LogP contribution < -0.4 is 10.2 Å². The molecule has 0 aromatic heterocycles. The van der Waals surface area contributed by atoms with Gasteiger partial charge in [-0.1, -0.05) is 25.4 Å². The van der Waals surface area contributed by atoms with Crippen molar-refractivity contribution in [1.82, 2.24) is 5.32 Å². The number of benzene rings is 1. The first-order valence-corrected chi connectivity index (χ1v) is 7.61. The normalized spacial score (nSPS) is 24.7. The van der Waals surface area contributed by atoms with Gasteiger partial charge in [0.25, 0.3) is 0 Å². The molecule has 1 N–H and O–H groups in total. The highest BCUT2D eigenvalue weighted by Crippen LogP contribution is 2.30. The Morgan fingerprint density at radius 2 is 2.17 bits per heavy atom. The zero-order valence-electron chi connectivity index (χ0n) is 11.1. The van der Waals surface area contributed by atoms with Crippen LogP contribution in [0.5, 0.6) is 0 Å². The Bertz CT molecular complexity index is 422. The van der Waals surface area contributed by atoms with E-state index in [0.29, 0.717) is 18.0 Å². The van der Waals surface area contributed by atoms with Crippen LogP contribution in [-0.4, -0.2) is 25.2 Å². The van der Waals surface area contributed by atoms with E-state index in [-0.39, 0.29) is 0 Å². The fourth-order valence-electron chi connectivity index (χ4n) is 2.48. The number of piperazine rings is 1. The molecule has 0 saturated carbocycles. The molecule has 1 aromatic rings. The van der Waals surface area contributed by atoms with Crippen molar-refractivity contribution in [3.8, 4) is 0 Å². The molecule has 2 nitrogen and oxygen atoms in total. The van der Waals surface area contributed by atoms with Gasteiger partial charge in [0.1, 0.15) is 0 Å². The molecule has 0 bridgehead atoms. The van der Waals surface area contributed by atoms with Crippen LogP contribution in [0.2, 0.25) is 5.02 Å². The molecule has 1 aromatic carbocycles. The van der Waals surface area contributed by atoms with Crippen LogP contribution in [0.4, 0.5) is 5.69 Å². The highest BCUT2D eigenvalue weighted by molar-refractivity contribution is 9.10. The summed E-state index contributed by atoms with van der Waals surface area (Å²) >= 11 is 9.58. The minimum atomic E-state index is 0.523. The molecular weight excluding hydrogens is 312 g/mol. The molecule has 1 fully saturated rings. The average Bonchev–Trinajstić information content (AvgIpc) is 2.32. The van der Waals surface area contributed by atoms with Crippen LogP contribution in [0.3, 0.4) is 0 Å². The quantitative estimate of drug-likeness (QED) is 0.883. The number of rotatable bonds is 2. The van der Waals surface area contributed by atoms with Gasteiger partial charge in [-0.05, 0) is 47.0 Å². The van der Waals surface area contributed by atoms with Gasteiger partial charge in [0.2, 0.25) is 0 Å². The van der Waals surface area contributed by atoms with Crippen LogP contribution >= 0.6 is 27.5 Å². The summed E-state index contributed by atoms with van der Waals surface area (Å²) < 4.78 is 0.968. The zero-order chi connectivity index (χ0) is 13.3. The lowest BCUT2D eigenvalue weighted by atomic mass is 9.98. The van der Waals surface area contributed by atoms with Gasteiger partial charge in [-0.25, -0.2) is 0 Å². The molecule has 100 valence electrons. The maximum Gasteiger partial charge on any atom is 0.0549 e. The summed E-state index contributed by atoms with van der Waals surface area (Å²) in [6.45, 7) is 8.87. The number of nitrogens with one attached hydrogen (secondary N) is 1. The molecule has 4 heteroatoms. The first kappa shape index (κ1) is 14.2. The van der Waals surface area contributed by atoms with Crippen LogP contribution in [0.25, 0.3) is 0 Å². The number of hydrogen-bond donors (Lipinski definition) is 1. The average molecular weight is 332 g/mol. The predicted octanol–water partition coefficient (Wildman–Crippen LogP) is 3.93. The van der Waals surface area contributed by atoms with Crippen LogP contribution in [0.15, 0.2) is 22.7 Å². The molecule has 2 atom stereocenters. The third kappa shape index (κ3) is 3.01. The summed E-state index contributed by atoms with van der Waals surface area (Å²) in [6, 6.07) is 7.25. The highest BCUT2D eigenvalue weighted by atomic mass is 79.9. The Hall–Kier alpha value is -0.250. The van der Waals surface area contributed by atoms with Gasteiger partial charge < -0.3 is 10.2 Å². The second-order valence-corrected chi connectivity index (χ2v) is 6.63. The standard InChI is InChI=1S/C14H20BrClN2/c1-9(2)14-7-17-10(3)8-18(14)11-4-5-13(16)12(15)6-11/h4-6,9-10,14,17H,7-8H2,1-3H3. The lowest BCUT2D eigenvalue weighted by molar-refractivity contribution is 0.349. The summed E-state index contributed by atoms with van der Waals surface area (Å²) in [5.74, 6) is 0.624. The van der Waals surface area contributed by atoms with E-state index >= 15 is 0 Å². The van der Waals surface area contributed by atoms with Crippen molar-refractivity contribution in [2.45, 2.75) is 32.9 Å². The van der Waals surface area contributed by atoms with Crippen LogP contribution in [0, 0.1) is 5.92 Å². The number of halogens is 2. The van der Waals surface area contributed by atoms with Crippen molar-refractivity contribution >= 4 is 33.2 Å². The molecule has 0 amide bonds. The van der Waals surface area contributed by atoms with E-state index in [9.17, 15) is 0 Å². The summed E-state index contributed by atoms with van der Waals surface area (Å²) in [5, 5.41) is 4.33. The SMILES string of the molecule is CC1CN(c2ccc(Cl)c(Br)c2)C(C(C)C)CN1. The number of anilines is 1. The fourth-order valence-corrected chi connectivity index (χ4v) is 2.97. The topological polar surface area (TPSA) is 15.3 Å². The molecule has 1 aliphatic rings. The molecule has 18 heavy (non-hydrogen) atoms. The molecule has 1 saturated heterocycles. The first-order valence-electron chi connectivity index (χ1n) is 6.44. The third-order valence-corrected chi connectivity index (χ3v) is 4.76. The van der Waals surface area contributed by atoms with Gasteiger partial charge in [0.05, 0.1) is 5.02 Å². The van der Waals surface area contributed by atoms with Crippen LogP contribution in [0.1, 0.15) is 20.8 Å². The summed E-state index contributed by atoms with van der Waals surface area (Å²) in [6.07, 6.45) is 0.